The lowest BCUT2D eigenvalue weighted by molar-refractivity contribution is -0.121. The van der Waals surface area contributed by atoms with Crippen molar-refractivity contribution in [1.82, 2.24) is 14.9 Å². The zero-order chi connectivity index (χ0) is 18.1. The number of nitrogens with one attached hydrogen (secondary N) is 1. The first-order valence-electron chi connectivity index (χ1n) is 8.62. The van der Waals surface area contributed by atoms with Crippen LogP contribution in [-0.4, -0.2) is 15.5 Å². The Bertz CT molecular complexity index is 1020. The highest BCUT2D eigenvalue weighted by molar-refractivity contribution is 7.18. The van der Waals surface area contributed by atoms with Crippen molar-refractivity contribution in [2.45, 2.75) is 38.8 Å². The van der Waals surface area contributed by atoms with Gasteiger partial charge >= 0.3 is 0 Å². The average Bonchev–Trinajstić information content (AvgIpc) is 3.03. The molecular weight excluding hydrogens is 353 g/mol. The van der Waals surface area contributed by atoms with E-state index in [0.29, 0.717) is 5.39 Å². The fourth-order valence-corrected chi connectivity index (χ4v) is 4.53. The monoisotopic (exact) mass is 371 g/mol. The van der Waals surface area contributed by atoms with Crippen LogP contribution in [0.1, 0.15) is 28.8 Å². The van der Waals surface area contributed by atoms with E-state index in [2.05, 4.69) is 10.3 Å². The zero-order valence-corrected chi connectivity index (χ0v) is 14.9. The normalized spacial score (nSPS) is 13.6. The quantitative estimate of drug-likeness (QED) is 0.767. The summed E-state index contributed by atoms with van der Waals surface area (Å²) in [7, 11) is 0. The predicted molar refractivity (Wildman–Crippen MR) is 98.8 cm³/mol. The SMILES string of the molecule is O=C(Cn1cnc2sc3c(c2c1=O)CCCC3)NCc1ccc(F)cc1. The van der Waals surface area contributed by atoms with Gasteiger partial charge in [0.15, 0.2) is 0 Å². The van der Waals surface area contributed by atoms with E-state index in [1.165, 1.54) is 27.9 Å². The summed E-state index contributed by atoms with van der Waals surface area (Å²) in [4.78, 5) is 31.4. The molecule has 0 unspecified atom stereocenters. The first-order valence-corrected chi connectivity index (χ1v) is 9.44. The molecule has 26 heavy (non-hydrogen) atoms. The molecule has 1 aliphatic rings. The van der Waals surface area contributed by atoms with Gasteiger partial charge in [-0.05, 0) is 48.9 Å². The molecule has 4 rings (SSSR count). The van der Waals surface area contributed by atoms with Gasteiger partial charge < -0.3 is 5.32 Å². The summed E-state index contributed by atoms with van der Waals surface area (Å²) in [5, 5.41) is 3.43. The Morgan fingerprint density at radius 2 is 2.00 bits per heavy atom. The third-order valence-electron chi connectivity index (χ3n) is 4.66. The van der Waals surface area contributed by atoms with Crippen LogP contribution in [-0.2, 0) is 30.7 Å². The largest absolute Gasteiger partial charge is 0.350 e. The number of aryl methyl sites for hydroxylation is 2. The first kappa shape index (κ1) is 16.9. The molecule has 134 valence electrons. The molecule has 0 saturated carbocycles. The molecule has 0 radical (unpaired) electrons. The lowest BCUT2D eigenvalue weighted by atomic mass is 9.97. The summed E-state index contributed by atoms with van der Waals surface area (Å²) in [6, 6.07) is 5.94. The van der Waals surface area contributed by atoms with Crippen LogP contribution >= 0.6 is 11.3 Å². The van der Waals surface area contributed by atoms with E-state index in [1.54, 1.807) is 23.5 Å². The third kappa shape index (κ3) is 3.26. The van der Waals surface area contributed by atoms with Crippen molar-refractivity contribution in [2.75, 3.05) is 0 Å². The Kier molecular flexibility index (Phi) is 4.55. The van der Waals surface area contributed by atoms with E-state index >= 15 is 0 Å². The molecule has 0 saturated heterocycles. The van der Waals surface area contributed by atoms with Crippen LogP contribution in [0.4, 0.5) is 4.39 Å². The third-order valence-corrected chi connectivity index (χ3v) is 5.86. The number of thiophene rings is 1. The van der Waals surface area contributed by atoms with Crippen molar-refractivity contribution in [3.63, 3.8) is 0 Å². The van der Waals surface area contributed by atoms with Gasteiger partial charge in [0.1, 0.15) is 17.2 Å². The van der Waals surface area contributed by atoms with E-state index in [1.807, 2.05) is 0 Å². The van der Waals surface area contributed by atoms with Gasteiger partial charge in [0.25, 0.3) is 5.56 Å². The Labute approximate surface area is 153 Å². The minimum absolute atomic E-state index is 0.0758. The Morgan fingerprint density at radius 3 is 2.81 bits per heavy atom. The van der Waals surface area contributed by atoms with Crippen molar-refractivity contribution in [2.24, 2.45) is 0 Å². The molecule has 2 heterocycles. The number of benzene rings is 1. The molecule has 1 N–H and O–H groups in total. The number of amides is 1. The number of halogens is 1. The number of aromatic nitrogens is 2. The molecule has 5 nitrogen and oxygen atoms in total. The van der Waals surface area contributed by atoms with Crippen molar-refractivity contribution >= 4 is 27.5 Å². The molecule has 1 aliphatic carbocycles. The molecule has 0 bridgehead atoms. The molecule has 0 aliphatic heterocycles. The van der Waals surface area contributed by atoms with Gasteiger partial charge in [-0.15, -0.1) is 11.3 Å². The number of nitrogens with zero attached hydrogens (tertiary/aromatic N) is 2. The minimum atomic E-state index is -0.315. The number of fused-ring (bicyclic) bond motifs is 3. The Hall–Kier alpha value is -2.54. The zero-order valence-electron chi connectivity index (χ0n) is 14.1. The summed E-state index contributed by atoms with van der Waals surface area (Å²) in [5.41, 5.74) is 1.77. The van der Waals surface area contributed by atoms with Crippen molar-refractivity contribution in [3.8, 4) is 0 Å². The smallest absolute Gasteiger partial charge is 0.262 e. The van der Waals surface area contributed by atoms with Gasteiger partial charge in [-0.2, -0.15) is 0 Å². The second-order valence-corrected chi connectivity index (χ2v) is 7.56. The van der Waals surface area contributed by atoms with Gasteiger partial charge in [0, 0.05) is 11.4 Å². The molecule has 0 atom stereocenters. The molecule has 2 aromatic heterocycles. The molecule has 7 heteroatoms. The van der Waals surface area contributed by atoms with Gasteiger partial charge in [0.05, 0.1) is 11.7 Å². The topological polar surface area (TPSA) is 64.0 Å². The molecule has 1 aromatic carbocycles. The molecule has 0 fully saturated rings. The molecule has 1 amide bonds. The standard InChI is InChI=1S/C19H18FN3O2S/c20-13-7-5-12(6-8-13)9-21-16(24)10-23-11-22-18-17(19(23)25)14-3-1-2-4-15(14)26-18/h5-8,11H,1-4,9-10H2,(H,21,24). The van der Waals surface area contributed by atoms with Crippen LogP contribution < -0.4 is 10.9 Å². The van der Waals surface area contributed by atoms with Crippen LogP contribution in [0, 0.1) is 5.82 Å². The van der Waals surface area contributed by atoms with Gasteiger partial charge in [-0.25, -0.2) is 9.37 Å². The number of carbonyl (C=O) groups excluding carboxylic acids is 1. The fourth-order valence-electron chi connectivity index (χ4n) is 3.31. The highest BCUT2D eigenvalue weighted by atomic mass is 32.1. The summed E-state index contributed by atoms with van der Waals surface area (Å²) < 4.78 is 14.3. The average molecular weight is 371 g/mol. The summed E-state index contributed by atoms with van der Waals surface area (Å²) in [6.07, 6.45) is 5.61. The number of rotatable bonds is 4. The van der Waals surface area contributed by atoms with Crippen LogP contribution in [0.5, 0.6) is 0 Å². The Balaban J connectivity index is 1.51. The van der Waals surface area contributed by atoms with Crippen LogP contribution in [0.3, 0.4) is 0 Å². The van der Waals surface area contributed by atoms with Crippen molar-refractivity contribution in [1.29, 1.82) is 0 Å². The maximum Gasteiger partial charge on any atom is 0.262 e. The maximum atomic E-state index is 12.9. The summed E-state index contributed by atoms with van der Waals surface area (Å²) >= 11 is 1.59. The van der Waals surface area contributed by atoms with E-state index < -0.39 is 0 Å². The predicted octanol–water partition coefficient (Wildman–Crippen LogP) is 2.79. The van der Waals surface area contributed by atoms with Crippen LogP contribution in [0.15, 0.2) is 35.4 Å². The van der Waals surface area contributed by atoms with Gasteiger partial charge in [0.2, 0.25) is 5.91 Å². The lowest BCUT2D eigenvalue weighted by Gasteiger charge is -2.10. The number of hydrogen-bond acceptors (Lipinski definition) is 4. The second-order valence-electron chi connectivity index (χ2n) is 6.47. The van der Waals surface area contributed by atoms with Gasteiger partial charge in [-0.3, -0.25) is 14.2 Å². The highest BCUT2D eigenvalue weighted by Crippen LogP contribution is 2.33. The Morgan fingerprint density at radius 1 is 1.23 bits per heavy atom. The summed E-state index contributed by atoms with van der Waals surface area (Å²) in [5.74, 6) is -0.591. The maximum absolute atomic E-state index is 12.9. The van der Waals surface area contributed by atoms with Crippen LogP contribution in [0.25, 0.3) is 10.2 Å². The number of hydrogen-bond donors (Lipinski definition) is 1. The number of carbonyl (C=O) groups is 1. The first-order chi connectivity index (χ1) is 12.6. The van der Waals surface area contributed by atoms with E-state index in [-0.39, 0.29) is 30.4 Å². The van der Waals surface area contributed by atoms with Crippen molar-refractivity contribution in [3.05, 3.63) is 62.8 Å². The molecule has 3 aromatic rings. The lowest BCUT2D eigenvalue weighted by Crippen LogP contribution is -2.32. The minimum Gasteiger partial charge on any atom is -0.350 e. The van der Waals surface area contributed by atoms with Gasteiger partial charge in [-0.1, -0.05) is 12.1 Å². The van der Waals surface area contributed by atoms with E-state index in [0.717, 1.165) is 41.6 Å². The van der Waals surface area contributed by atoms with E-state index in [4.69, 9.17) is 0 Å². The van der Waals surface area contributed by atoms with Crippen molar-refractivity contribution < 1.29 is 9.18 Å². The fraction of sp³-hybridized carbons (Fsp3) is 0.316. The van der Waals surface area contributed by atoms with Crippen LogP contribution in [0.2, 0.25) is 0 Å². The van der Waals surface area contributed by atoms with E-state index in [9.17, 15) is 14.0 Å². The summed E-state index contributed by atoms with van der Waals surface area (Å²) in [6.45, 7) is 0.213. The highest BCUT2D eigenvalue weighted by Gasteiger charge is 2.20. The second kappa shape index (κ2) is 6.99. The molecular formula is C19H18FN3O2S. The molecule has 0 spiro atoms.